The molecule has 1 aliphatic rings. The standard InChI is InChI=1S/C19H20ClN3O/c1-24-18-6-2-15(3-7-18)14-22-8-10-23(11-9-22)17-5-4-16(13-21)19(20)12-17/h2-7,12H,8-11,14H2,1H3. The first-order valence-electron chi connectivity index (χ1n) is 7.99. The van der Waals surface area contributed by atoms with Crippen molar-refractivity contribution in [3.63, 3.8) is 0 Å². The van der Waals surface area contributed by atoms with Crippen LogP contribution >= 0.6 is 11.6 Å². The molecule has 1 saturated heterocycles. The fraction of sp³-hybridized carbons (Fsp3) is 0.316. The van der Waals surface area contributed by atoms with Crippen molar-refractivity contribution in [2.24, 2.45) is 0 Å². The van der Waals surface area contributed by atoms with Crippen LogP contribution in [0.1, 0.15) is 11.1 Å². The first kappa shape index (κ1) is 16.6. The van der Waals surface area contributed by atoms with Gasteiger partial charge >= 0.3 is 0 Å². The zero-order valence-corrected chi connectivity index (χ0v) is 14.5. The quantitative estimate of drug-likeness (QED) is 0.852. The highest BCUT2D eigenvalue weighted by Gasteiger charge is 2.18. The molecule has 0 spiro atoms. The first-order valence-corrected chi connectivity index (χ1v) is 8.37. The lowest BCUT2D eigenvalue weighted by atomic mass is 10.1. The Balaban J connectivity index is 1.57. The third-order valence-corrected chi connectivity index (χ3v) is 4.69. The van der Waals surface area contributed by atoms with E-state index in [1.54, 1.807) is 13.2 Å². The van der Waals surface area contributed by atoms with Gasteiger partial charge in [-0.25, -0.2) is 0 Å². The second kappa shape index (κ2) is 7.57. The Morgan fingerprint density at radius 1 is 1.08 bits per heavy atom. The maximum Gasteiger partial charge on any atom is 0.118 e. The third kappa shape index (κ3) is 3.81. The van der Waals surface area contributed by atoms with Crippen LogP contribution in [0.25, 0.3) is 0 Å². The Morgan fingerprint density at radius 2 is 1.79 bits per heavy atom. The van der Waals surface area contributed by atoms with Gasteiger partial charge in [0.1, 0.15) is 11.8 Å². The predicted octanol–water partition coefficient (Wildman–Crippen LogP) is 3.54. The highest BCUT2D eigenvalue weighted by atomic mass is 35.5. The van der Waals surface area contributed by atoms with Crippen molar-refractivity contribution in [1.29, 1.82) is 5.26 Å². The normalized spacial score (nSPS) is 15.1. The molecule has 0 saturated carbocycles. The zero-order valence-electron chi connectivity index (χ0n) is 13.7. The number of anilines is 1. The summed E-state index contributed by atoms with van der Waals surface area (Å²) < 4.78 is 5.20. The molecule has 3 rings (SSSR count). The van der Waals surface area contributed by atoms with E-state index in [4.69, 9.17) is 21.6 Å². The van der Waals surface area contributed by atoms with Gasteiger partial charge in [0, 0.05) is 38.4 Å². The lowest BCUT2D eigenvalue weighted by Gasteiger charge is -2.36. The number of hydrogen-bond acceptors (Lipinski definition) is 4. The largest absolute Gasteiger partial charge is 0.497 e. The predicted molar refractivity (Wildman–Crippen MR) is 96.7 cm³/mol. The van der Waals surface area contributed by atoms with E-state index in [2.05, 4.69) is 28.0 Å². The van der Waals surface area contributed by atoms with Gasteiger partial charge in [-0.1, -0.05) is 23.7 Å². The van der Waals surface area contributed by atoms with E-state index in [0.29, 0.717) is 10.6 Å². The summed E-state index contributed by atoms with van der Waals surface area (Å²) in [6.07, 6.45) is 0. The zero-order chi connectivity index (χ0) is 16.9. The molecule has 2 aromatic carbocycles. The van der Waals surface area contributed by atoms with Crippen LogP contribution in [-0.4, -0.2) is 38.2 Å². The molecule has 0 atom stereocenters. The molecule has 1 heterocycles. The number of nitriles is 1. The minimum absolute atomic E-state index is 0.524. The highest BCUT2D eigenvalue weighted by molar-refractivity contribution is 6.32. The van der Waals surface area contributed by atoms with Crippen molar-refractivity contribution in [2.75, 3.05) is 38.2 Å². The summed E-state index contributed by atoms with van der Waals surface area (Å²) in [5, 5.41) is 9.49. The van der Waals surface area contributed by atoms with Gasteiger partial charge in [-0.3, -0.25) is 4.90 Å². The van der Waals surface area contributed by atoms with Crippen LogP contribution in [0.5, 0.6) is 5.75 Å². The Hall–Kier alpha value is -2.22. The molecule has 4 nitrogen and oxygen atoms in total. The molecule has 24 heavy (non-hydrogen) atoms. The average Bonchev–Trinajstić information content (AvgIpc) is 2.63. The minimum Gasteiger partial charge on any atom is -0.497 e. The van der Waals surface area contributed by atoms with E-state index in [1.165, 1.54) is 5.56 Å². The molecule has 0 aromatic heterocycles. The number of ether oxygens (including phenoxy) is 1. The molecule has 5 heteroatoms. The fourth-order valence-electron chi connectivity index (χ4n) is 2.94. The number of halogens is 1. The van der Waals surface area contributed by atoms with Gasteiger partial charge in [0.15, 0.2) is 0 Å². The highest BCUT2D eigenvalue weighted by Crippen LogP contribution is 2.24. The Morgan fingerprint density at radius 3 is 2.38 bits per heavy atom. The molecule has 0 bridgehead atoms. The molecular weight excluding hydrogens is 322 g/mol. The van der Waals surface area contributed by atoms with E-state index in [-0.39, 0.29) is 0 Å². The Kier molecular flexibility index (Phi) is 5.24. The fourth-order valence-corrected chi connectivity index (χ4v) is 3.16. The maximum atomic E-state index is 8.96. The van der Waals surface area contributed by atoms with Gasteiger partial charge in [-0.15, -0.1) is 0 Å². The van der Waals surface area contributed by atoms with Crippen molar-refractivity contribution in [1.82, 2.24) is 4.90 Å². The van der Waals surface area contributed by atoms with Crippen LogP contribution in [0.2, 0.25) is 5.02 Å². The van der Waals surface area contributed by atoms with Gasteiger partial charge in [0.2, 0.25) is 0 Å². The second-order valence-corrected chi connectivity index (χ2v) is 6.29. The SMILES string of the molecule is COc1ccc(CN2CCN(c3ccc(C#N)c(Cl)c3)CC2)cc1. The smallest absolute Gasteiger partial charge is 0.118 e. The van der Waals surface area contributed by atoms with Crippen LogP contribution in [-0.2, 0) is 6.54 Å². The van der Waals surface area contributed by atoms with Crippen molar-refractivity contribution in [3.05, 3.63) is 58.6 Å². The summed E-state index contributed by atoms with van der Waals surface area (Å²) in [6.45, 7) is 4.87. The molecular formula is C19H20ClN3O. The summed E-state index contributed by atoms with van der Waals surface area (Å²) in [5.74, 6) is 0.890. The van der Waals surface area contributed by atoms with Crippen molar-refractivity contribution in [3.8, 4) is 11.8 Å². The number of methoxy groups -OCH3 is 1. The Bertz CT molecular complexity index is 731. The number of benzene rings is 2. The van der Waals surface area contributed by atoms with Gasteiger partial charge in [0.25, 0.3) is 0 Å². The van der Waals surface area contributed by atoms with Crippen molar-refractivity contribution >= 4 is 17.3 Å². The number of hydrogen-bond donors (Lipinski definition) is 0. The summed E-state index contributed by atoms with van der Waals surface area (Å²) >= 11 is 6.14. The van der Waals surface area contributed by atoms with Crippen molar-refractivity contribution < 1.29 is 4.74 Å². The monoisotopic (exact) mass is 341 g/mol. The topological polar surface area (TPSA) is 39.5 Å². The van der Waals surface area contributed by atoms with Crippen molar-refractivity contribution in [2.45, 2.75) is 6.54 Å². The summed E-state index contributed by atoms with van der Waals surface area (Å²) in [4.78, 5) is 4.77. The summed E-state index contributed by atoms with van der Waals surface area (Å²) in [5.41, 5.74) is 2.91. The van der Waals surface area contributed by atoms with Gasteiger partial charge < -0.3 is 9.64 Å². The lowest BCUT2D eigenvalue weighted by Crippen LogP contribution is -2.45. The first-order chi connectivity index (χ1) is 11.7. The molecule has 0 unspecified atom stereocenters. The Labute approximate surface area is 147 Å². The van der Waals surface area contributed by atoms with Crippen LogP contribution in [0.4, 0.5) is 5.69 Å². The number of piperazine rings is 1. The molecule has 2 aromatic rings. The lowest BCUT2D eigenvalue weighted by molar-refractivity contribution is 0.250. The molecule has 1 fully saturated rings. The summed E-state index contributed by atoms with van der Waals surface area (Å²) in [6, 6.07) is 16.0. The van der Waals surface area contributed by atoms with Crippen LogP contribution in [0.3, 0.4) is 0 Å². The van der Waals surface area contributed by atoms with Crippen LogP contribution < -0.4 is 9.64 Å². The van der Waals surface area contributed by atoms with Crippen LogP contribution in [0.15, 0.2) is 42.5 Å². The number of rotatable bonds is 4. The average molecular weight is 342 g/mol. The molecule has 0 amide bonds. The second-order valence-electron chi connectivity index (χ2n) is 5.89. The molecule has 0 N–H and O–H groups in total. The van der Waals surface area contributed by atoms with Gasteiger partial charge in [0.05, 0.1) is 17.7 Å². The maximum absolute atomic E-state index is 8.96. The minimum atomic E-state index is 0.524. The third-order valence-electron chi connectivity index (χ3n) is 4.38. The van der Waals surface area contributed by atoms with E-state index in [1.807, 2.05) is 24.3 Å². The van der Waals surface area contributed by atoms with E-state index < -0.39 is 0 Å². The van der Waals surface area contributed by atoms with Gasteiger partial charge in [-0.05, 0) is 35.9 Å². The summed E-state index contributed by atoms with van der Waals surface area (Å²) in [7, 11) is 1.68. The van der Waals surface area contributed by atoms with Gasteiger partial charge in [-0.2, -0.15) is 5.26 Å². The molecule has 1 aliphatic heterocycles. The van der Waals surface area contributed by atoms with E-state index in [9.17, 15) is 0 Å². The van der Waals surface area contributed by atoms with Crippen LogP contribution in [0, 0.1) is 11.3 Å². The molecule has 0 radical (unpaired) electrons. The molecule has 0 aliphatic carbocycles. The van der Waals surface area contributed by atoms with E-state index >= 15 is 0 Å². The van der Waals surface area contributed by atoms with E-state index in [0.717, 1.165) is 44.2 Å². The molecule has 124 valence electrons. The number of nitrogens with zero attached hydrogens (tertiary/aromatic N) is 3.